The second kappa shape index (κ2) is 6.58. The molecule has 19 heavy (non-hydrogen) atoms. The molecule has 106 valence electrons. The number of piperidine rings is 1. The molecule has 2 heterocycles. The summed E-state index contributed by atoms with van der Waals surface area (Å²) in [4.78, 5) is 7.04. The molecule has 1 fully saturated rings. The van der Waals surface area contributed by atoms with Crippen LogP contribution in [0.5, 0.6) is 5.75 Å². The first-order valence-corrected chi connectivity index (χ1v) is 7.46. The molecule has 0 unspecified atom stereocenters. The van der Waals surface area contributed by atoms with E-state index in [1.54, 1.807) is 7.11 Å². The Labute approximate surface area is 120 Å². The van der Waals surface area contributed by atoms with Crippen molar-refractivity contribution >= 4 is 11.6 Å². The molecule has 0 saturated carbocycles. The van der Waals surface area contributed by atoms with Crippen LogP contribution in [0.2, 0.25) is 0 Å². The van der Waals surface area contributed by atoms with Crippen molar-refractivity contribution in [2.75, 3.05) is 26.1 Å². The van der Waals surface area contributed by atoms with Crippen molar-refractivity contribution in [2.45, 2.75) is 33.2 Å². The van der Waals surface area contributed by atoms with Gasteiger partial charge in [-0.1, -0.05) is 0 Å². The van der Waals surface area contributed by atoms with Gasteiger partial charge >= 0.3 is 0 Å². The molecule has 4 heteroatoms. The fourth-order valence-corrected chi connectivity index (χ4v) is 3.05. The summed E-state index contributed by atoms with van der Waals surface area (Å²) in [6, 6.07) is 0. The third-order valence-electron chi connectivity index (χ3n) is 4.05. The van der Waals surface area contributed by atoms with E-state index in [-0.39, 0.29) is 0 Å². The third-order valence-corrected chi connectivity index (χ3v) is 4.48. The molecule has 1 aromatic rings. The minimum Gasteiger partial charge on any atom is -0.496 e. The highest BCUT2D eigenvalue weighted by atomic mass is 35.5. The summed E-state index contributed by atoms with van der Waals surface area (Å²) in [6.07, 6.45) is 4.31. The molecule has 2 rings (SSSR count). The molecular formula is C15H23ClN2O. The van der Waals surface area contributed by atoms with Crippen LogP contribution >= 0.6 is 11.6 Å². The average molecular weight is 283 g/mol. The number of aromatic nitrogens is 1. The normalized spacial score (nSPS) is 17.7. The van der Waals surface area contributed by atoms with Gasteiger partial charge in [0.05, 0.1) is 12.8 Å². The van der Waals surface area contributed by atoms with Crippen LogP contribution in [0.15, 0.2) is 6.20 Å². The van der Waals surface area contributed by atoms with E-state index in [2.05, 4.69) is 16.8 Å². The number of halogens is 1. The van der Waals surface area contributed by atoms with Gasteiger partial charge in [-0.2, -0.15) is 0 Å². The van der Waals surface area contributed by atoms with E-state index < -0.39 is 0 Å². The van der Waals surface area contributed by atoms with Crippen molar-refractivity contribution < 1.29 is 4.74 Å². The minimum atomic E-state index is 0.694. The maximum absolute atomic E-state index is 5.92. The van der Waals surface area contributed by atoms with Crippen LogP contribution < -0.4 is 4.74 Å². The van der Waals surface area contributed by atoms with E-state index in [0.29, 0.717) is 5.92 Å². The van der Waals surface area contributed by atoms with Crippen LogP contribution in [0.4, 0.5) is 0 Å². The summed E-state index contributed by atoms with van der Waals surface area (Å²) in [5, 5.41) is 0. The van der Waals surface area contributed by atoms with Gasteiger partial charge in [0.15, 0.2) is 0 Å². The molecule has 0 amide bonds. The first-order valence-electron chi connectivity index (χ1n) is 6.93. The number of likely N-dealkylation sites (tertiary alicyclic amines) is 1. The summed E-state index contributed by atoms with van der Waals surface area (Å²) in [6.45, 7) is 7.29. The maximum atomic E-state index is 5.92. The van der Waals surface area contributed by atoms with Crippen molar-refractivity contribution in [2.24, 2.45) is 5.92 Å². The number of pyridine rings is 1. The molecule has 1 aromatic heterocycles. The van der Waals surface area contributed by atoms with Crippen molar-refractivity contribution in [3.8, 4) is 5.75 Å². The predicted octanol–water partition coefficient (Wildman–Crippen LogP) is 3.16. The van der Waals surface area contributed by atoms with Crippen molar-refractivity contribution in [1.82, 2.24) is 9.88 Å². The fraction of sp³-hybridized carbons (Fsp3) is 0.667. The molecule has 0 atom stereocenters. The Hall–Kier alpha value is -0.800. The second-order valence-corrected chi connectivity index (χ2v) is 5.73. The molecular weight excluding hydrogens is 260 g/mol. The summed E-state index contributed by atoms with van der Waals surface area (Å²) in [5.41, 5.74) is 3.40. The monoisotopic (exact) mass is 282 g/mol. The largest absolute Gasteiger partial charge is 0.496 e. The molecule has 0 aromatic carbocycles. The number of methoxy groups -OCH3 is 1. The number of hydrogen-bond donors (Lipinski definition) is 0. The lowest BCUT2D eigenvalue weighted by atomic mass is 9.98. The Kier molecular flexibility index (Phi) is 5.06. The first-order chi connectivity index (χ1) is 9.15. The van der Waals surface area contributed by atoms with Crippen LogP contribution in [-0.4, -0.2) is 36.0 Å². The zero-order chi connectivity index (χ0) is 13.8. The molecule has 1 aliphatic heterocycles. The second-order valence-electron chi connectivity index (χ2n) is 5.42. The Balaban J connectivity index is 2.04. The summed E-state index contributed by atoms with van der Waals surface area (Å²) in [5.74, 6) is 2.46. The first kappa shape index (κ1) is 14.6. The maximum Gasteiger partial charge on any atom is 0.128 e. The van der Waals surface area contributed by atoms with Crippen LogP contribution in [0, 0.1) is 19.8 Å². The molecule has 0 radical (unpaired) electrons. The molecule has 0 spiro atoms. The average Bonchev–Trinajstić information content (AvgIpc) is 2.43. The lowest BCUT2D eigenvalue weighted by Gasteiger charge is -2.31. The molecule has 1 saturated heterocycles. The Morgan fingerprint density at radius 1 is 1.37 bits per heavy atom. The number of rotatable bonds is 4. The zero-order valence-electron chi connectivity index (χ0n) is 12.1. The number of nitrogens with zero attached hydrogens (tertiary/aromatic N) is 2. The predicted molar refractivity (Wildman–Crippen MR) is 79.0 cm³/mol. The Morgan fingerprint density at radius 3 is 2.63 bits per heavy atom. The highest BCUT2D eigenvalue weighted by Crippen LogP contribution is 2.26. The van der Waals surface area contributed by atoms with Gasteiger partial charge in [-0.15, -0.1) is 11.6 Å². The van der Waals surface area contributed by atoms with E-state index in [1.807, 2.05) is 13.1 Å². The molecule has 0 bridgehead atoms. The SMILES string of the molecule is COc1c(C)cnc(CN2CCC(CCl)CC2)c1C. The summed E-state index contributed by atoms with van der Waals surface area (Å²) < 4.78 is 5.46. The van der Waals surface area contributed by atoms with Crippen LogP contribution in [0.1, 0.15) is 29.7 Å². The fourth-order valence-electron chi connectivity index (χ4n) is 2.74. The smallest absolute Gasteiger partial charge is 0.128 e. The van der Waals surface area contributed by atoms with Gasteiger partial charge in [-0.05, 0) is 45.7 Å². The van der Waals surface area contributed by atoms with Crippen LogP contribution in [-0.2, 0) is 6.54 Å². The standard InChI is InChI=1S/C15H23ClN2O/c1-11-9-17-14(12(2)15(11)19-3)10-18-6-4-13(8-16)5-7-18/h9,13H,4-8,10H2,1-3H3. The highest BCUT2D eigenvalue weighted by Gasteiger charge is 2.20. The number of ether oxygens (including phenoxy) is 1. The third kappa shape index (κ3) is 3.40. The Bertz CT molecular complexity index is 428. The van der Waals surface area contributed by atoms with E-state index in [9.17, 15) is 0 Å². The van der Waals surface area contributed by atoms with Gasteiger partial charge in [0.2, 0.25) is 0 Å². The van der Waals surface area contributed by atoms with Gasteiger partial charge in [-0.3, -0.25) is 9.88 Å². The minimum absolute atomic E-state index is 0.694. The summed E-state index contributed by atoms with van der Waals surface area (Å²) >= 11 is 5.92. The summed E-state index contributed by atoms with van der Waals surface area (Å²) in [7, 11) is 1.73. The molecule has 3 nitrogen and oxygen atoms in total. The van der Waals surface area contributed by atoms with Crippen molar-refractivity contribution in [3.63, 3.8) is 0 Å². The van der Waals surface area contributed by atoms with E-state index in [1.165, 1.54) is 18.4 Å². The van der Waals surface area contributed by atoms with Crippen LogP contribution in [0.3, 0.4) is 0 Å². The lowest BCUT2D eigenvalue weighted by Crippen LogP contribution is -2.34. The van der Waals surface area contributed by atoms with Gasteiger partial charge in [-0.25, -0.2) is 0 Å². The van der Waals surface area contributed by atoms with Gasteiger partial charge in [0.1, 0.15) is 5.75 Å². The van der Waals surface area contributed by atoms with E-state index >= 15 is 0 Å². The molecule has 1 aliphatic rings. The number of alkyl halides is 1. The molecule has 0 N–H and O–H groups in total. The topological polar surface area (TPSA) is 25.4 Å². The number of aryl methyl sites for hydroxylation is 1. The quantitative estimate of drug-likeness (QED) is 0.793. The van der Waals surface area contributed by atoms with Crippen LogP contribution in [0.25, 0.3) is 0 Å². The molecule has 0 aliphatic carbocycles. The lowest BCUT2D eigenvalue weighted by molar-refractivity contribution is 0.184. The van der Waals surface area contributed by atoms with Gasteiger partial charge in [0, 0.05) is 29.7 Å². The van der Waals surface area contributed by atoms with E-state index in [0.717, 1.165) is 42.5 Å². The van der Waals surface area contributed by atoms with Crippen molar-refractivity contribution in [3.05, 3.63) is 23.0 Å². The Morgan fingerprint density at radius 2 is 2.05 bits per heavy atom. The zero-order valence-corrected chi connectivity index (χ0v) is 12.8. The number of hydrogen-bond acceptors (Lipinski definition) is 3. The van der Waals surface area contributed by atoms with Gasteiger partial charge < -0.3 is 4.74 Å². The van der Waals surface area contributed by atoms with E-state index in [4.69, 9.17) is 16.3 Å². The highest BCUT2D eigenvalue weighted by molar-refractivity contribution is 6.18. The van der Waals surface area contributed by atoms with Crippen molar-refractivity contribution in [1.29, 1.82) is 0 Å². The van der Waals surface area contributed by atoms with Gasteiger partial charge in [0.25, 0.3) is 0 Å².